The lowest BCUT2D eigenvalue weighted by molar-refractivity contribution is -0.118. The zero-order valence-corrected chi connectivity index (χ0v) is 13.6. The van der Waals surface area contributed by atoms with E-state index in [1.54, 1.807) is 0 Å². The largest absolute Gasteiger partial charge is 0.324 e. The van der Waals surface area contributed by atoms with Gasteiger partial charge in [0.1, 0.15) is 0 Å². The Morgan fingerprint density at radius 1 is 1.04 bits per heavy atom. The lowest BCUT2D eigenvalue weighted by atomic mass is 10.2. The molecule has 2 aromatic carbocycles. The molecule has 0 heterocycles. The Hall–Kier alpha value is -1.98. The Kier molecular flexibility index (Phi) is 4.59. The molecule has 4 nitrogen and oxygen atoms in total. The van der Waals surface area contributed by atoms with Crippen LogP contribution in [0.2, 0.25) is 0 Å². The summed E-state index contributed by atoms with van der Waals surface area (Å²) in [5.74, 6) is 0.857. The first-order chi connectivity index (χ1) is 11.0. The first-order valence-electron chi connectivity index (χ1n) is 7.63. The van der Waals surface area contributed by atoms with E-state index in [-0.39, 0.29) is 5.91 Å². The van der Waals surface area contributed by atoms with E-state index in [9.17, 15) is 9.00 Å². The van der Waals surface area contributed by atoms with Gasteiger partial charge in [0, 0.05) is 28.0 Å². The van der Waals surface area contributed by atoms with Crippen LogP contribution < -0.4 is 11.1 Å². The fraction of sp³-hybridized carbons (Fsp3) is 0.278. The third kappa shape index (κ3) is 4.27. The Labute approximate surface area is 138 Å². The molecule has 1 atom stereocenters. The van der Waals surface area contributed by atoms with Gasteiger partial charge in [-0.25, -0.2) is 0 Å². The second kappa shape index (κ2) is 6.64. The van der Waals surface area contributed by atoms with Crippen LogP contribution >= 0.6 is 0 Å². The van der Waals surface area contributed by atoms with Crippen LogP contribution in [0.25, 0.3) is 0 Å². The summed E-state index contributed by atoms with van der Waals surface area (Å²) in [6, 6.07) is 17.3. The fourth-order valence-electron chi connectivity index (χ4n) is 2.35. The summed E-state index contributed by atoms with van der Waals surface area (Å²) < 4.78 is 12.3. The molecule has 1 amide bonds. The van der Waals surface area contributed by atoms with E-state index < -0.39 is 16.3 Å². The molecule has 0 saturated heterocycles. The van der Waals surface area contributed by atoms with Gasteiger partial charge in [-0.3, -0.25) is 9.00 Å². The summed E-state index contributed by atoms with van der Waals surface area (Å²) in [5.41, 5.74) is 7.91. The molecule has 3 N–H and O–H groups in total. The number of benzene rings is 2. The molecule has 120 valence electrons. The third-order valence-electron chi connectivity index (χ3n) is 3.92. The lowest BCUT2D eigenvalue weighted by Gasteiger charge is -2.11. The first-order valence-corrected chi connectivity index (χ1v) is 9.12. The van der Waals surface area contributed by atoms with Crippen molar-refractivity contribution in [1.82, 2.24) is 0 Å². The normalized spacial score (nSPS) is 16.6. The van der Waals surface area contributed by atoms with E-state index in [0.717, 1.165) is 24.0 Å². The number of rotatable bonds is 6. The van der Waals surface area contributed by atoms with E-state index in [2.05, 4.69) is 5.32 Å². The summed E-state index contributed by atoms with van der Waals surface area (Å²) in [4.78, 5) is 12.0. The molecular formula is C18H20N2O2S. The van der Waals surface area contributed by atoms with Gasteiger partial charge in [0.15, 0.2) is 0 Å². The molecule has 0 radical (unpaired) electrons. The maximum absolute atomic E-state index is 12.3. The molecule has 3 rings (SSSR count). The van der Waals surface area contributed by atoms with Crippen LogP contribution in [-0.4, -0.2) is 15.7 Å². The fourth-order valence-corrected chi connectivity index (χ4v) is 3.57. The highest BCUT2D eigenvalue weighted by atomic mass is 32.2. The molecular weight excluding hydrogens is 308 g/mol. The highest BCUT2D eigenvalue weighted by molar-refractivity contribution is 7.83. The van der Waals surface area contributed by atoms with Gasteiger partial charge in [0.05, 0.1) is 5.54 Å². The van der Waals surface area contributed by atoms with E-state index in [0.29, 0.717) is 17.2 Å². The number of carbonyl (C=O) groups excluding carboxylic acids is 1. The Morgan fingerprint density at radius 3 is 2.39 bits per heavy atom. The van der Waals surface area contributed by atoms with Gasteiger partial charge in [-0.15, -0.1) is 0 Å². The predicted molar refractivity (Wildman–Crippen MR) is 93.2 cm³/mol. The second-order valence-corrected chi connectivity index (χ2v) is 7.48. The van der Waals surface area contributed by atoms with Crippen molar-refractivity contribution in [3.63, 3.8) is 0 Å². The summed E-state index contributed by atoms with van der Waals surface area (Å²) in [5, 5.41) is 2.84. The van der Waals surface area contributed by atoms with Crippen molar-refractivity contribution >= 4 is 22.4 Å². The van der Waals surface area contributed by atoms with Crippen molar-refractivity contribution in [3.05, 3.63) is 65.7 Å². The zero-order chi connectivity index (χ0) is 16.3. The molecule has 1 saturated carbocycles. The van der Waals surface area contributed by atoms with Crippen LogP contribution in [0.1, 0.15) is 24.0 Å². The quantitative estimate of drug-likeness (QED) is 0.856. The smallest absolute Gasteiger partial charge is 0.244 e. The predicted octanol–water partition coefficient (Wildman–Crippen LogP) is 2.57. The van der Waals surface area contributed by atoms with Gasteiger partial charge in [-0.1, -0.05) is 42.5 Å². The molecule has 0 spiro atoms. The van der Waals surface area contributed by atoms with Crippen LogP contribution in [-0.2, 0) is 27.1 Å². The number of nitrogens with one attached hydrogen (secondary N) is 1. The van der Waals surface area contributed by atoms with Gasteiger partial charge in [-0.05, 0) is 36.1 Å². The summed E-state index contributed by atoms with van der Waals surface area (Å²) >= 11 is 0. The van der Waals surface area contributed by atoms with E-state index >= 15 is 0 Å². The van der Waals surface area contributed by atoms with E-state index in [1.807, 2.05) is 54.6 Å². The van der Waals surface area contributed by atoms with E-state index in [1.165, 1.54) is 0 Å². The second-order valence-electron chi connectivity index (χ2n) is 6.02. The maximum Gasteiger partial charge on any atom is 0.244 e. The first kappa shape index (κ1) is 15.9. The average Bonchev–Trinajstić information content (AvgIpc) is 3.28. The summed E-state index contributed by atoms with van der Waals surface area (Å²) in [6.07, 6.45) is 1.47. The van der Waals surface area contributed by atoms with Crippen molar-refractivity contribution in [2.45, 2.75) is 29.9 Å². The summed E-state index contributed by atoms with van der Waals surface area (Å²) in [6.45, 7) is 0. The van der Waals surface area contributed by atoms with Crippen LogP contribution in [0.4, 0.5) is 5.69 Å². The van der Waals surface area contributed by atoms with Gasteiger partial charge in [0.25, 0.3) is 0 Å². The van der Waals surface area contributed by atoms with Crippen molar-refractivity contribution in [1.29, 1.82) is 0 Å². The molecule has 0 aromatic heterocycles. The average molecular weight is 328 g/mol. The number of amides is 1. The minimum Gasteiger partial charge on any atom is -0.324 e. The molecule has 0 aliphatic heterocycles. The van der Waals surface area contributed by atoms with Gasteiger partial charge in [0.2, 0.25) is 5.91 Å². The topological polar surface area (TPSA) is 72.2 Å². The molecule has 5 heteroatoms. The van der Waals surface area contributed by atoms with Crippen molar-refractivity contribution in [3.8, 4) is 0 Å². The van der Waals surface area contributed by atoms with Crippen molar-refractivity contribution in [2.75, 3.05) is 5.32 Å². The van der Waals surface area contributed by atoms with Gasteiger partial charge in [-0.2, -0.15) is 0 Å². The minimum atomic E-state index is -0.985. The third-order valence-corrected chi connectivity index (χ3v) is 5.23. The molecule has 0 bridgehead atoms. The van der Waals surface area contributed by atoms with Crippen LogP contribution in [0.5, 0.6) is 0 Å². The van der Waals surface area contributed by atoms with Crippen LogP contribution in [0.3, 0.4) is 0 Å². The molecule has 1 unspecified atom stereocenters. The molecule has 2 aromatic rings. The minimum absolute atomic E-state index is 0.139. The van der Waals surface area contributed by atoms with Crippen LogP contribution in [0, 0.1) is 0 Å². The Bertz CT molecular complexity index is 727. The van der Waals surface area contributed by atoms with Gasteiger partial charge < -0.3 is 11.1 Å². The van der Waals surface area contributed by atoms with Crippen molar-refractivity contribution < 1.29 is 9.00 Å². The molecule has 1 aliphatic carbocycles. The maximum atomic E-state index is 12.3. The highest BCUT2D eigenvalue weighted by Gasteiger charge is 2.45. The standard InChI is InChI=1S/C18H20N2O2S/c19-18(9-10-18)17(21)20-16-8-4-7-15(11-16)13-23(22)12-14-5-2-1-3-6-14/h1-8,11H,9-10,12-13,19H2,(H,20,21). The lowest BCUT2D eigenvalue weighted by Crippen LogP contribution is -2.37. The number of hydrogen-bond donors (Lipinski definition) is 2. The SMILES string of the molecule is NC1(C(=O)Nc2cccc(CS(=O)Cc3ccccc3)c2)CC1. The highest BCUT2D eigenvalue weighted by Crippen LogP contribution is 2.33. The number of nitrogens with two attached hydrogens (primary N) is 1. The van der Waals surface area contributed by atoms with Gasteiger partial charge >= 0.3 is 0 Å². The zero-order valence-electron chi connectivity index (χ0n) is 12.8. The molecule has 1 fully saturated rings. The van der Waals surface area contributed by atoms with Crippen molar-refractivity contribution in [2.24, 2.45) is 5.73 Å². The Balaban J connectivity index is 1.61. The number of anilines is 1. The molecule has 1 aliphatic rings. The van der Waals surface area contributed by atoms with Crippen LogP contribution in [0.15, 0.2) is 54.6 Å². The van der Waals surface area contributed by atoms with E-state index in [4.69, 9.17) is 5.73 Å². The molecule has 23 heavy (non-hydrogen) atoms. The Morgan fingerprint density at radius 2 is 1.70 bits per heavy atom. The number of hydrogen-bond acceptors (Lipinski definition) is 3. The number of carbonyl (C=O) groups is 1. The monoisotopic (exact) mass is 328 g/mol. The summed E-state index contributed by atoms with van der Waals surface area (Å²) in [7, 11) is -0.985.